The molecule has 0 aliphatic carbocycles. The largest absolute Gasteiger partial charge is 0.477 e. The maximum atomic E-state index is 12.9. The van der Waals surface area contributed by atoms with Crippen molar-refractivity contribution in [1.82, 2.24) is 15.1 Å². The maximum Gasteiger partial charge on any atom is 0.353 e. The van der Waals surface area contributed by atoms with Crippen LogP contribution in [0.1, 0.15) is 5.69 Å². The number of benzene rings is 1. The van der Waals surface area contributed by atoms with E-state index in [-0.39, 0.29) is 11.5 Å². The number of nitrogens with one attached hydrogen (secondary N) is 1. The van der Waals surface area contributed by atoms with Gasteiger partial charge in [0, 0.05) is 18.3 Å². The number of rotatable bonds is 4. The first-order chi connectivity index (χ1) is 9.51. The zero-order valence-corrected chi connectivity index (χ0v) is 11.1. The first-order valence-electron chi connectivity index (χ1n) is 5.96. The average molecular weight is 275 g/mol. The second kappa shape index (κ2) is 5.56. The highest BCUT2D eigenvalue weighted by molar-refractivity contribution is 5.89. The topological polar surface area (TPSA) is 67.2 Å². The number of carboxylic acid groups (broad SMARTS) is 1. The Morgan fingerprint density at radius 3 is 2.60 bits per heavy atom. The van der Waals surface area contributed by atoms with Gasteiger partial charge in [-0.15, -0.1) is 0 Å². The number of carbonyl (C=O) groups is 1. The van der Waals surface area contributed by atoms with Gasteiger partial charge in [0.2, 0.25) is 0 Å². The summed E-state index contributed by atoms with van der Waals surface area (Å²) >= 11 is 0. The Kier molecular flexibility index (Phi) is 3.84. The number of hydrogen-bond donors (Lipinski definition) is 2. The number of carboxylic acids is 1. The zero-order valence-electron chi connectivity index (χ0n) is 11.1. The van der Waals surface area contributed by atoms with Gasteiger partial charge in [-0.25, -0.2) is 13.9 Å². The van der Waals surface area contributed by atoms with E-state index in [4.69, 9.17) is 5.11 Å². The molecule has 1 aromatic carbocycles. The Morgan fingerprint density at radius 1 is 1.40 bits per heavy atom. The summed E-state index contributed by atoms with van der Waals surface area (Å²) in [6.07, 6.45) is 1.39. The molecule has 0 bridgehead atoms. The zero-order chi connectivity index (χ0) is 14.7. The highest BCUT2D eigenvalue weighted by Crippen LogP contribution is 2.19. The Hall–Kier alpha value is -2.63. The summed E-state index contributed by atoms with van der Waals surface area (Å²) in [7, 11) is 1.53. The molecule has 0 saturated carbocycles. The summed E-state index contributed by atoms with van der Waals surface area (Å²) < 4.78 is 14.4. The minimum atomic E-state index is -1.06. The van der Waals surface area contributed by atoms with Crippen LogP contribution in [0.2, 0.25) is 0 Å². The van der Waals surface area contributed by atoms with E-state index in [1.807, 2.05) is 6.92 Å². The van der Waals surface area contributed by atoms with E-state index in [0.29, 0.717) is 5.69 Å². The third kappa shape index (κ3) is 2.85. The fourth-order valence-electron chi connectivity index (χ4n) is 1.73. The summed E-state index contributed by atoms with van der Waals surface area (Å²) in [6.45, 7) is 1.81. The standard InChI is InChI=1S/C14H14FN3O2/c1-9-7-12(10-3-5-11(15)6-4-10)17-18(9)8-13(16-2)14(19)20/h3-8,16H,1-2H3,(H,19,20)/b13-8-. The Bertz CT molecular complexity index is 660. The fraction of sp³-hybridized carbons (Fsp3) is 0.143. The number of nitrogens with zero attached hydrogens (tertiary/aromatic N) is 2. The molecule has 5 nitrogen and oxygen atoms in total. The minimum absolute atomic E-state index is 0.0295. The van der Waals surface area contributed by atoms with Gasteiger partial charge in [0.1, 0.15) is 11.5 Å². The fourth-order valence-corrected chi connectivity index (χ4v) is 1.73. The van der Waals surface area contributed by atoms with Crippen LogP contribution < -0.4 is 5.32 Å². The number of hydrogen-bond acceptors (Lipinski definition) is 3. The molecule has 104 valence electrons. The second-order valence-corrected chi connectivity index (χ2v) is 4.22. The molecule has 0 aliphatic rings. The summed E-state index contributed by atoms with van der Waals surface area (Å²) in [6, 6.07) is 7.77. The third-order valence-electron chi connectivity index (χ3n) is 2.81. The van der Waals surface area contributed by atoms with Crippen LogP contribution in [0.5, 0.6) is 0 Å². The summed E-state index contributed by atoms with van der Waals surface area (Å²) in [5.41, 5.74) is 2.22. The smallest absolute Gasteiger partial charge is 0.353 e. The molecule has 0 unspecified atom stereocenters. The van der Waals surface area contributed by atoms with Gasteiger partial charge in [0.05, 0.1) is 11.9 Å². The van der Waals surface area contributed by atoms with Crippen LogP contribution >= 0.6 is 0 Å². The molecular weight excluding hydrogens is 261 g/mol. The summed E-state index contributed by atoms with van der Waals surface area (Å²) in [5, 5.41) is 15.8. The molecule has 0 spiro atoms. The molecular formula is C14H14FN3O2. The van der Waals surface area contributed by atoms with Crippen molar-refractivity contribution >= 4 is 12.2 Å². The Labute approximate surface area is 115 Å². The van der Waals surface area contributed by atoms with Crippen molar-refractivity contribution in [3.05, 3.63) is 47.5 Å². The molecule has 20 heavy (non-hydrogen) atoms. The molecule has 6 heteroatoms. The normalized spacial score (nSPS) is 11.4. The van der Waals surface area contributed by atoms with E-state index in [2.05, 4.69) is 10.4 Å². The predicted molar refractivity (Wildman–Crippen MR) is 73.3 cm³/mol. The van der Waals surface area contributed by atoms with Crippen LogP contribution in [0.3, 0.4) is 0 Å². The first kappa shape index (κ1) is 13.8. The van der Waals surface area contributed by atoms with E-state index >= 15 is 0 Å². The Morgan fingerprint density at radius 2 is 2.05 bits per heavy atom. The first-order valence-corrected chi connectivity index (χ1v) is 5.96. The van der Waals surface area contributed by atoms with Crippen LogP contribution in [0.15, 0.2) is 36.0 Å². The van der Waals surface area contributed by atoms with Gasteiger partial charge < -0.3 is 10.4 Å². The van der Waals surface area contributed by atoms with E-state index < -0.39 is 5.97 Å². The van der Waals surface area contributed by atoms with Crippen molar-refractivity contribution in [2.24, 2.45) is 0 Å². The lowest BCUT2D eigenvalue weighted by Crippen LogP contribution is -2.16. The van der Waals surface area contributed by atoms with Crippen LogP contribution in [0, 0.1) is 12.7 Å². The van der Waals surface area contributed by atoms with Gasteiger partial charge in [-0.3, -0.25) is 0 Å². The minimum Gasteiger partial charge on any atom is -0.477 e. The van der Waals surface area contributed by atoms with E-state index in [9.17, 15) is 9.18 Å². The molecule has 2 rings (SSSR count). The number of likely N-dealkylation sites (N-methyl/N-ethyl adjacent to an activating group) is 1. The van der Waals surface area contributed by atoms with E-state index in [1.54, 1.807) is 18.2 Å². The summed E-state index contributed by atoms with van der Waals surface area (Å²) in [4.78, 5) is 10.9. The maximum absolute atomic E-state index is 12.9. The van der Waals surface area contributed by atoms with Crippen LogP contribution in [0.4, 0.5) is 4.39 Å². The van der Waals surface area contributed by atoms with Crippen LogP contribution in [-0.2, 0) is 4.79 Å². The predicted octanol–water partition coefficient (Wildman–Crippen LogP) is 2.10. The SMILES string of the molecule is CN/C(=C\n1nc(-c2ccc(F)cc2)cc1C)C(=O)O. The molecule has 2 N–H and O–H groups in total. The molecule has 1 aromatic heterocycles. The van der Waals surface area contributed by atoms with Crippen molar-refractivity contribution in [2.45, 2.75) is 6.92 Å². The lowest BCUT2D eigenvalue weighted by Gasteiger charge is -2.02. The lowest BCUT2D eigenvalue weighted by atomic mass is 10.1. The second-order valence-electron chi connectivity index (χ2n) is 4.22. The molecule has 0 aliphatic heterocycles. The van der Waals surface area contributed by atoms with Crippen molar-refractivity contribution in [1.29, 1.82) is 0 Å². The molecule has 0 saturated heterocycles. The summed E-state index contributed by atoms with van der Waals surface area (Å²) in [5.74, 6) is -1.38. The molecule has 0 atom stereocenters. The van der Waals surface area contributed by atoms with Crippen molar-refractivity contribution in [3.8, 4) is 11.3 Å². The van der Waals surface area contributed by atoms with Gasteiger partial charge >= 0.3 is 5.97 Å². The van der Waals surface area contributed by atoms with Crippen molar-refractivity contribution in [2.75, 3.05) is 7.05 Å². The Balaban J connectivity index is 2.39. The van der Waals surface area contributed by atoms with Crippen LogP contribution in [-0.4, -0.2) is 27.9 Å². The molecule has 0 amide bonds. The van der Waals surface area contributed by atoms with Crippen molar-refractivity contribution in [3.63, 3.8) is 0 Å². The number of halogens is 1. The van der Waals surface area contributed by atoms with E-state index in [1.165, 1.54) is 30.1 Å². The highest BCUT2D eigenvalue weighted by Gasteiger charge is 2.09. The lowest BCUT2D eigenvalue weighted by molar-refractivity contribution is -0.132. The number of aromatic nitrogens is 2. The average Bonchev–Trinajstić information content (AvgIpc) is 2.77. The van der Waals surface area contributed by atoms with Gasteiger partial charge in [-0.05, 0) is 37.3 Å². The number of aliphatic carboxylic acids is 1. The molecule has 0 fully saturated rings. The molecule has 1 heterocycles. The van der Waals surface area contributed by atoms with Gasteiger partial charge in [0.25, 0.3) is 0 Å². The monoisotopic (exact) mass is 275 g/mol. The van der Waals surface area contributed by atoms with Gasteiger partial charge in [-0.2, -0.15) is 5.10 Å². The van der Waals surface area contributed by atoms with E-state index in [0.717, 1.165) is 11.3 Å². The molecule has 0 radical (unpaired) electrons. The van der Waals surface area contributed by atoms with Crippen molar-refractivity contribution < 1.29 is 14.3 Å². The molecule has 2 aromatic rings. The quantitative estimate of drug-likeness (QED) is 0.839. The van der Waals surface area contributed by atoms with Gasteiger partial charge in [0.15, 0.2) is 0 Å². The van der Waals surface area contributed by atoms with Crippen LogP contribution in [0.25, 0.3) is 17.5 Å². The highest BCUT2D eigenvalue weighted by atomic mass is 19.1. The number of aryl methyl sites for hydroxylation is 1. The third-order valence-corrected chi connectivity index (χ3v) is 2.81. The van der Waals surface area contributed by atoms with Gasteiger partial charge in [-0.1, -0.05) is 0 Å².